The second-order valence-corrected chi connectivity index (χ2v) is 3.21. The van der Waals surface area contributed by atoms with Gasteiger partial charge in [-0.1, -0.05) is 25.2 Å². The van der Waals surface area contributed by atoms with Crippen LogP contribution < -0.4 is 0 Å². The molecule has 1 N–H and O–H groups in total. The van der Waals surface area contributed by atoms with Crippen molar-refractivity contribution in [2.45, 2.75) is 26.7 Å². The van der Waals surface area contributed by atoms with Gasteiger partial charge in [-0.15, -0.1) is 6.58 Å². The van der Waals surface area contributed by atoms with Gasteiger partial charge in [0.25, 0.3) is 0 Å². The topological polar surface area (TPSA) is 37.3 Å². The molecular weight excluding hydrogens is 152 g/mol. The summed E-state index contributed by atoms with van der Waals surface area (Å²) >= 11 is 0. The van der Waals surface area contributed by atoms with Crippen LogP contribution in [0.3, 0.4) is 0 Å². The zero-order valence-corrected chi connectivity index (χ0v) is 7.76. The number of aliphatic carboxylic acids is 1. The fourth-order valence-electron chi connectivity index (χ4n) is 0.879. The van der Waals surface area contributed by atoms with Crippen LogP contribution in [0.4, 0.5) is 0 Å². The lowest BCUT2D eigenvalue weighted by Gasteiger charge is -2.20. The van der Waals surface area contributed by atoms with Crippen LogP contribution >= 0.6 is 0 Å². The second-order valence-electron chi connectivity index (χ2n) is 3.21. The third-order valence-corrected chi connectivity index (χ3v) is 2.06. The van der Waals surface area contributed by atoms with Crippen molar-refractivity contribution < 1.29 is 9.90 Å². The molecule has 0 radical (unpaired) electrons. The normalized spacial score (nSPS) is 14.8. The molecule has 2 nitrogen and oxygen atoms in total. The van der Waals surface area contributed by atoms with Crippen molar-refractivity contribution in [1.82, 2.24) is 0 Å². The van der Waals surface area contributed by atoms with Gasteiger partial charge in [0, 0.05) is 0 Å². The third-order valence-electron chi connectivity index (χ3n) is 2.06. The highest BCUT2D eigenvalue weighted by Crippen LogP contribution is 2.27. The Labute approximate surface area is 73.6 Å². The molecule has 0 saturated carbocycles. The standard InChI is InChI=1S/C10H16O2/c1-5-8(3)7-10(4,6-2)9(11)12/h6H,2-3,5,7H2,1,4H3,(H,11,12). The van der Waals surface area contributed by atoms with Crippen LogP contribution in [-0.2, 0) is 4.79 Å². The predicted octanol–water partition coefficient (Wildman–Crippen LogP) is 2.62. The van der Waals surface area contributed by atoms with Gasteiger partial charge in [0.05, 0.1) is 5.41 Å². The molecule has 0 saturated heterocycles. The lowest BCUT2D eigenvalue weighted by molar-refractivity contribution is -0.145. The molecule has 12 heavy (non-hydrogen) atoms. The van der Waals surface area contributed by atoms with Gasteiger partial charge < -0.3 is 5.11 Å². The van der Waals surface area contributed by atoms with Gasteiger partial charge >= 0.3 is 5.97 Å². The lowest BCUT2D eigenvalue weighted by atomic mass is 9.83. The fraction of sp³-hybridized carbons (Fsp3) is 0.500. The maximum Gasteiger partial charge on any atom is 0.313 e. The molecule has 1 atom stereocenters. The van der Waals surface area contributed by atoms with Gasteiger partial charge in [0.2, 0.25) is 0 Å². The van der Waals surface area contributed by atoms with Crippen LogP contribution in [-0.4, -0.2) is 11.1 Å². The fourth-order valence-corrected chi connectivity index (χ4v) is 0.879. The van der Waals surface area contributed by atoms with E-state index in [1.165, 1.54) is 6.08 Å². The van der Waals surface area contributed by atoms with Crippen molar-refractivity contribution in [3.05, 3.63) is 24.8 Å². The molecule has 0 aliphatic rings. The minimum Gasteiger partial charge on any atom is -0.481 e. The minimum absolute atomic E-state index is 0.475. The van der Waals surface area contributed by atoms with E-state index in [9.17, 15) is 4.79 Å². The zero-order valence-electron chi connectivity index (χ0n) is 7.76. The highest BCUT2D eigenvalue weighted by Gasteiger charge is 2.29. The summed E-state index contributed by atoms with van der Waals surface area (Å²) in [5, 5.41) is 8.86. The molecule has 0 rings (SSSR count). The van der Waals surface area contributed by atoms with Gasteiger partial charge in [-0.2, -0.15) is 0 Å². The van der Waals surface area contributed by atoms with E-state index < -0.39 is 11.4 Å². The summed E-state index contributed by atoms with van der Waals surface area (Å²) in [5.41, 5.74) is 0.0902. The number of allylic oxidation sites excluding steroid dienone is 1. The Morgan fingerprint density at radius 1 is 1.67 bits per heavy atom. The Balaban J connectivity index is 4.45. The van der Waals surface area contributed by atoms with Gasteiger partial charge in [0.15, 0.2) is 0 Å². The first-order valence-corrected chi connectivity index (χ1v) is 4.00. The number of rotatable bonds is 5. The van der Waals surface area contributed by atoms with Crippen LogP contribution in [0.2, 0.25) is 0 Å². The van der Waals surface area contributed by atoms with E-state index in [2.05, 4.69) is 13.2 Å². The van der Waals surface area contributed by atoms with E-state index in [1.807, 2.05) is 6.92 Å². The van der Waals surface area contributed by atoms with Crippen LogP contribution in [0.1, 0.15) is 26.7 Å². The van der Waals surface area contributed by atoms with Crippen molar-refractivity contribution in [2.24, 2.45) is 5.41 Å². The summed E-state index contributed by atoms with van der Waals surface area (Å²) in [7, 11) is 0. The highest BCUT2D eigenvalue weighted by molar-refractivity contribution is 5.76. The van der Waals surface area contributed by atoms with E-state index in [1.54, 1.807) is 6.92 Å². The summed E-state index contributed by atoms with van der Waals surface area (Å²) in [5.74, 6) is -0.841. The van der Waals surface area contributed by atoms with Crippen molar-refractivity contribution in [3.63, 3.8) is 0 Å². The molecule has 0 aliphatic heterocycles. The molecule has 2 heteroatoms. The van der Waals surface area contributed by atoms with Gasteiger partial charge in [0.1, 0.15) is 0 Å². The molecule has 0 aromatic heterocycles. The Hall–Kier alpha value is -1.05. The highest BCUT2D eigenvalue weighted by atomic mass is 16.4. The summed E-state index contributed by atoms with van der Waals surface area (Å²) in [6.45, 7) is 10.9. The first-order chi connectivity index (χ1) is 5.46. The smallest absolute Gasteiger partial charge is 0.313 e. The summed E-state index contributed by atoms with van der Waals surface area (Å²) in [6, 6.07) is 0. The molecule has 0 fully saturated rings. The van der Waals surface area contributed by atoms with Crippen LogP contribution in [0, 0.1) is 5.41 Å². The molecule has 0 bridgehead atoms. The summed E-state index contributed by atoms with van der Waals surface area (Å²) < 4.78 is 0. The van der Waals surface area contributed by atoms with E-state index in [0.29, 0.717) is 6.42 Å². The van der Waals surface area contributed by atoms with Crippen molar-refractivity contribution in [3.8, 4) is 0 Å². The first-order valence-electron chi connectivity index (χ1n) is 4.00. The Morgan fingerprint density at radius 3 is 2.42 bits per heavy atom. The molecule has 0 spiro atoms. The third kappa shape index (κ3) is 2.53. The number of carboxylic acids is 1. The Kier molecular flexibility index (Phi) is 3.74. The van der Waals surface area contributed by atoms with E-state index in [0.717, 1.165) is 12.0 Å². The molecule has 1 unspecified atom stereocenters. The van der Waals surface area contributed by atoms with Gasteiger partial charge in [-0.3, -0.25) is 4.79 Å². The van der Waals surface area contributed by atoms with Crippen LogP contribution in [0.25, 0.3) is 0 Å². The maximum absolute atomic E-state index is 10.8. The molecular formula is C10H16O2. The van der Waals surface area contributed by atoms with E-state index >= 15 is 0 Å². The monoisotopic (exact) mass is 168 g/mol. The SMILES string of the molecule is C=CC(C)(CC(=C)CC)C(=O)O. The quantitative estimate of drug-likeness (QED) is 0.641. The van der Waals surface area contributed by atoms with Crippen molar-refractivity contribution in [2.75, 3.05) is 0 Å². The lowest BCUT2D eigenvalue weighted by Crippen LogP contribution is -2.25. The van der Waals surface area contributed by atoms with E-state index in [4.69, 9.17) is 5.11 Å². The largest absolute Gasteiger partial charge is 0.481 e. The van der Waals surface area contributed by atoms with Crippen LogP contribution in [0.15, 0.2) is 24.8 Å². The number of hydrogen-bond donors (Lipinski definition) is 1. The number of carboxylic acid groups (broad SMARTS) is 1. The average Bonchev–Trinajstić information content (AvgIpc) is 2.03. The van der Waals surface area contributed by atoms with Gasteiger partial charge in [-0.25, -0.2) is 0 Å². The van der Waals surface area contributed by atoms with Crippen molar-refractivity contribution >= 4 is 5.97 Å². The first kappa shape index (κ1) is 11.0. The van der Waals surface area contributed by atoms with Crippen LogP contribution in [0.5, 0.6) is 0 Å². The van der Waals surface area contributed by atoms with E-state index in [-0.39, 0.29) is 0 Å². The average molecular weight is 168 g/mol. The molecule has 0 amide bonds. The number of carbonyl (C=O) groups is 1. The Bertz CT molecular complexity index is 206. The van der Waals surface area contributed by atoms with Crippen molar-refractivity contribution in [1.29, 1.82) is 0 Å². The summed E-state index contributed by atoms with van der Waals surface area (Å²) in [4.78, 5) is 10.8. The molecule has 0 heterocycles. The molecule has 68 valence electrons. The predicted molar refractivity (Wildman–Crippen MR) is 50.0 cm³/mol. The zero-order chi connectivity index (χ0) is 9.78. The maximum atomic E-state index is 10.8. The summed E-state index contributed by atoms with van der Waals surface area (Å²) in [6.07, 6.45) is 2.76. The molecule has 0 aromatic carbocycles. The number of hydrogen-bond acceptors (Lipinski definition) is 1. The van der Waals surface area contributed by atoms with Gasteiger partial charge in [-0.05, 0) is 19.8 Å². The molecule has 0 aliphatic carbocycles. The Morgan fingerprint density at radius 2 is 2.17 bits per heavy atom. The minimum atomic E-state index is -0.854. The second kappa shape index (κ2) is 4.10. The molecule has 0 aromatic rings.